The fourth-order valence-electron chi connectivity index (χ4n) is 1.53. The summed E-state index contributed by atoms with van der Waals surface area (Å²) in [4.78, 5) is 13.6. The summed E-state index contributed by atoms with van der Waals surface area (Å²) < 4.78 is 50.8. The van der Waals surface area contributed by atoms with Crippen LogP contribution in [0.2, 0.25) is 0 Å². The molecule has 1 aromatic carbocycles. The molecule has 0 spiro atoms. The lowest BCUT2D eigenvalue weighted by molar-refractivity contribution is -0.384. The molecule has 110 valence electrons. The molecule has 0 amide bonds. The van der Waals surface area contributed by atoms with E-state index < -0.39 is 22.5 Å². The minimum absolute atomic E-state index is 0.0529. The molecule has 1 heterocycles. The lowest BCUT2D eigenvalue weighted by atomic mass is 10.2. The molecule has 1 N–H and O–H groups in total. The fourth-order valence-corrected chi connectivity index (χ4v) is 1.53. The van der Waals surface area contributed by atoms with Gasteiger partial charge in [0.25, 0.3) is 5.69 Å². The van der Waals surface area contributed by atoms with E-state index in [4.69, 9.17) is 0 Å². The van der Waals surface area contributed by atoms with Gasteiger partial charge in [0.15, 0.2) is 0 Å². The number of pyridine rings is 1. The topological polar surface area (TPSA) is 68.1 Å². The van der Waals surface area contributed by atoms with Crippen LogP contribution in [0, 0.1) is 15.9 Å². The zero-order chi connectivity index (χ0) is 15.6. The summed E-state index contributed by atoms with van der Waals surface area (Å²) in [6.45, 7) is 0. The van der Waals surface area contributed by atoms with Gasteiger partial charge < -0.3 is 5.32 Å². The van der Waals surface area contributed by atoms with Crippen molar-refractivity contribution < 1.29 is 22.5 Å². The lowest BCUT2D eigenvalue weighted by Crippen LogP contribution is -2.06. The summed E-state index contributed by atoms with van der Waals surface area (Å²) in [6, 6.07) is 4.09. The highest BCUT2D eigenvalue weighted by molar-refractivity contribution is 5.59. The molecule has 0 fully saturated rings. The number of aromatic nitrogens is 1. The van der Waals surface area contributed by atoms with Crippen molar-refractivity contribution in [3.05, 3.63) is 58.0 Å². The maximum atomic E-state index is 13.6. The van der Waals surface area contributed by atoms with E-state index in [1.54, 1.807) is 0 Å². The van der Waals surface area contributed by atoms with E-state index in [9.17, 15) is 27.7 Å². The van der Waals surface area contributed by atoms with Gasteiger partial charge in [0.05, 0.1) is 22.2 Å². The number of alkyl halides is 3. The molecule has 2 aromatic rings. The number of nitrogens with one attached hydrogen (secondary N) is 1. The SMILES string of the molecule is O=[N+]([O-])c1ccnc(Nc2ccc(C(F)(F)F)cc2F)c1. The molecule has 0 aliphatic carbocycles. The Kier molecular flexibility index (Phi) is 3.74. The van der Waals surface area contributed by atoms with Gasteiger partial charge in [-0.15, -0.1) is 0 Å². The third-order valence-corrected chi connectivity index (χ3v) is 2.51. The normalized spacial score (nSPS) is 11.2. The standard InChI is InChI=1S/C12H7F4N3O2/c13-9-5-7(12(14,15)16)1-2-10(9)18-11-6-8(19(20)21)3-4-17-11/h1-6H,(H,17,18). The van der Waals surface area contributed by atoms with Gasteiger partial charge in [-0.05, 0) is 18.2 Å². The van der Waals surface area contributed by atoms with E-state index in [1.165, 1.54) is 0 Å². The number of hydrogen-bond acceptors (Lipinski definition) is 4. The van der Waals surface area contributed by atoms with Crippen molar-refractivity contribution in [2.75, 3.05) is 5.32 Å². The van der Waals surface area contributed by atoms with Gasteiger partial charge in [0, 0.05) is 12.3 Å². The molecule has 5 nitrogen and oxygen atoms in total. The minimum Gasteiger partial charge on any atom is -0.338 e. The van der Waals surface area contributed by atoms with E-state index in [1.807, 2.05) is 0 Å². The first kappa shape index (κ1) is 14.7. The number of hydrogen-bond donors (Lipinski definition) is 1. The van der Waals surface area contributed by atoms with Gasteiger partial charge in [0.1, 0.15) is 11.6 Å². The summed E-state index contributed by atoms with van der Waals surface area (Å²) in [6.07, 6.45) is -3.52. The first-order valence-corrected chi connectivity index (χ1v) is 5.51. The molecule has 0 atom stereocenters. The second-order valence-electron chi connectivity index (χ2n) is 3.97. The molecule has 0 saturated heterocycles. The number of anilines is 2. The number of benzene rings is 1. The highest BCUT2D eigenvalue weighted by Gasteiger charge is 2.31. The quantitative estimate of drug-likeness (QED) is 0.530. The highest BCUT2D eigenvalue weighted by Crippen LogP contribution is 2.32. The largest absolute Gasteiger partial charge is 0.416 e. The Morgan fingerprint density at radius 3 is 2.48 bits per heavy atom. The van der Waals surface area contributed by atoms with Crippen molar-refractivity contribution in [1.29, 1.82) is 0 Å². The summed E-state index contributed by atoms with van der Waals surface area (Å²) in [5, 5.41) is 13.0. The van der Waals surface area contributed by atoms with Crippen LogP contribution in [-0.4, -0.2) is 9.91 Å². The van der Waals surface area contributed by atoms with Crippen LogP contribution in [0.25, 0.3) is 0 Å². The minimum atomic E-state index is -4.65. The molecule has 0 bridgehead atoms. The molecule has 0 unspecified atom stereocenters. The zero-order valence-electron chi connectivity index (χ0n) is 10.2. The second kappa shape index (κ2) is 5.35. The second-order valence-corrected chi connectivity index (χ2v) is 3.97. The van der Waals surface area contributed by atoms with Gasteiger partial charge >= 0.3 is 6.18 Å². The van der Waals surface area contributed by atoms with Crippen molar-refractivity contribution in [1.82, 2.24) is 4.98 Å². The number of halogens is 4. The zero-order valence-corrected chi connectivity index (χ0v) is 10.2. The summed E-state index contributed by atoms with van der Waals surface area (Å²) >= 11 is 0. The Labute approximate surface area is 115 Å². The van der Waals surface area contributed by atoms with Crippen molar-refractivity contribution in [2.45, 2.75) is 6.18 Å². The number of nitrogens with zero attached hydrogens (tertiary/aromatic N) is 2. The van der Waals surface area contributed by atoms with Crippen LogP contribution in [0.5, 0.6) is 0 Å². The van der Waals surface area contributed by atoms with Crippen LogP contribution in [-0.2, 0) is 6.18 Å². The van der Waals surface area contributed by atoms with Gasteiger partial charge in [-0.25, -0.2) is 9.37 Å². The summed E-state index contributed by atoms with van der Waals surface area (Å²) in [7, 11) is 0. The average Bonchev–Trinajstić information content (AvgIpc) is 2.40. The van der Waals surface area contributed by atoms with Gasteiger partial charge in [-0.2, -0.15) is 13.2 Å². The molecular formula is C12H7F4N3O2. The Morgan fingerprint density at radius 1 is 1.19 bits per heavy atom. The number of nitro groups is 1. The van der Waals surface area contributed by atoms with Crippen LogP contribution in [0.4, 0.5) is 34.8 Å². The molecule has 9 heteroatoms. The van der Waals surface area contributed by atoms with Crippen LogP contribution >= 0.6 is 0 Å². The lowest BCUT2D eigenvalue weighted by Gasteiger charge is -2.10. The molecule has 0 saturated carbocycles. The van der Waals surface area contributed by atoms with Crippen LogP contribution in [0.15, 0.2) is 36.5 Å². The van der Waals surface area contributed by atoms with E-state index in [0.717, 1.165) is 24.4 Å². The maximum Gasteiger partial charge on any atom is 0.416 e. The molecule has 0 aliphatic rings. The fraction of sp³-hybridized carbons (Fsp3) is 0.0833. The van der Waals surface area contributed by atoms with Crippen LogP contribution in [0.3, 0.4) is 0 Å². The van der Waals surface area contributed by atoms with Crippen LogP contribution < -0.4 is 5.32 Å². The van der Waals surface area contributed by atoms with E-state index in [0.29, 0.717) is 12.1 Å². The first-order chi connectivity index (χ1) is 9.77. The highest BCUT2D eigenvalue weighted by atomic mass is 19.4. The van der Waals surface area contributed by atoms with E-state index in [-0.39, 0.29) is 17.2 Å². The molecule has 0 aliphatic heterocycles. The van der Waals surface area contributed by atoms with Crippen molar-refractivity contribution in [3.63, 3.8) is 0 Å². The molecule has 1 aromatic heterocycles. The summed E-state index contributed by atoms with van der Waals surface area (Å²) in [5.74, 6) is -1.19. The van der Waals surface area contributed by atoms with Crippen molar-refractivity contribution in [3.8, 4) is 0 Å². The summed E-state index contributed by atoms with van der Waals surface area (Å²) in [5.41, 5.74) is -1.67. The Hall–Kier alpha value is -2.71. The molecule has 2 rings (SSSR count). The van der Waals surface area contributed by atoms with E-state index >= 15 is 0 Å². The number of rotatable bonds is 3. The van der Waals surface area contributed by atoms with Crippen molar-refractivity contribution in [2.24, 2.45) is 0 Å². The van der Waals surface area contributed by atoms with Gasteiger partial charge in [-0.1, -0.05) is 0 Å². The van der Waals surface area contributed by atoms with Crippen LogP contribution in [0.1, 0.15) is 5.56 Å². The Morgan fingerprint density at radius 2 is 1.90 bits per heavy atom. The first-order valence-electron chi connectivity index (χ1n) is 5.51. The third-order valence-electron chi connectivity index (χ3n) is 2.51. The molecule has 21 heavy (non-hydrogen) atoms. The van der Waals surface area contributed by atoms with Crippen molar-refractivity contribution >= 4 is 17.2 Å². The predicted molar refractivity (Wildman–Crippen MR) is 65.6 cm³/mol. The predicted octanol–water partition coefficient (Wildman–Crippen LogP) is 3.89. The van der Waals surface area contributed by atoms with E-state index in [2.05, 4.69) is 10.3 Å². The van der Waals surface area contributed by atoms with Gasteiger partial charge in [0.2, 0.25) is 0 Å². The molecule has 0 radical (unpaired) electrons. The smallest absolute Gasteiger partial charge is 0.338 e. The maximum absolute atomic E-state index is 13.6. The van der Waals surface area contributed by atoms with Gasteiger partial charge in [-0.3, -0.25) is 10.1 Å². The molecular weight excluding hydrogens is 294 g/mol. The monoisotopic (exact) mass is 301 g/mol. The Balaban J connectivity index is 2.28. The third kappa shape index (κ3) is 3.44. The average molecular weight is 301 g/mol. The Bertz CT molecular complexity index is 688.